The maximum Gasteiger partial charge on any atom is 0.129 e. The van der Waals surface area contributed by atoms with E-state index in [2.05, 4.69) is 29.1 Å². The van der Waals surface area contributed by atoms with Crippen molar-refractivity contribution in [3.8, 4) is 0 Å². The van der Waals surface area contributed by atoms with E-state index in [1.807, 2.05) is 18.3 Å². The lowest BCUT2D eigenvalue weighted by molar-refractivity contribution is 0.244. The van der Waals surface area contributed by atoms with Gasteiger partial charge in [-0.2, -0.15) is 0 Å². The fourth-order valence-electron chi connectivity index (χ4n) is 1.95. The Morgan fingerprint density at radius 1 is 1.38 bits per heavy atom. The first-order chi connectivity index (χ1) is 7.74. The maximum absolute atomic E-state index is 5.74. The highest BCUT2D eigenvalue weighted by atomic mass is 35.5. The molecule has 0 N–H and O–H groups in total. The topological polar surface area (TPSA) is 16.1 Å². The summed E-state index contributed by atoms with van der Waals surface area (Å²) in [6, 6.07) is 3.83. The molecule has 2 heterocycles. The lowest BCUT2D eigenvalue weighted by Crippen LogP contribution is -2.29. The van der Waals surface area contributed by atoms with Crippen LogP contribution in [-0.4, -0.2) is 30.0 Å². The molecule has 0 amide bonds. The summed E-state index contributed by atoms with van der Waals surface area (Å²) in [4.78, 5) is 6.44. The van der Waals surface area contributed by atoms with E-state index in [9.17, 15) is 0 Å². The molecule has 1 saturated heterocycles. The monoisotopic (exact) mass is 236 g/mol. The second-order valence-corrected chi connectivity index (χ2v) is 4.80. The van der Waals surface area contributed by atoms with Crippen molar-refractivity contribution in [2.75, 3.05) is 20.1 Å². The van der Waals surface area contributed by atoms with Crippen LogP contribution in [-0.2, 0) is 0 Å². The molecule has 1 aliphatic heterocycles. The Morgan fingerprint density at radius 2 is 2.12 bits per heavy atom. The van der Waals surface area contributed by atoms with Crippen molar-refractivity contribution in [2.45, 2.75) is 12.8 Å². The van der Waals surface area contributed by atoms with Crippen LogP contribution in [0.5, 0.6) is 0 Å². The first kappa shape index (κ1) is 11.6. The van der Waals surface area contributed by atoms with Crippen LogP contribution >= 0.6 is 11.6 Å². The molecule has 2 rings (SSSR count). The molecule has 3 heteroatoms. The lowest BCUT2D eigenvalue weighted by atomic mass is 9.96. The van der Waals surface area contributed by atoms with E-state index >= 15 is 0 Å². The fourth-order valence-corrected chi connectivity index (χ4v) is 2.07. The number of nitrogens with zero attached hydrogens (tertiary/aromatic N) is 2. The Bertz CT molecular complexity index is 351. The molecule has 2 nitrogen and oxygen atoms in total. The Morgan fingerprint density at radius 3 is 2.75 bits per heavy atom. The molecule has 0 bridgehead atoms. The number of likely N-dealkylation sites (tertiary alicyclic amines) is 1. The standard InChI is InChI=1S/C13H17ClN2/c1-16-8-6-11(7-9-16)2-3-12-4-5-13(14)15-10-12/h2-5,10-11H,6-9H2,1H3/b3-2+. The van der Waals surface area contributed by atoms with Gasteiger partial charge in [0.1, 0.15) is 5.15 Å². The van der Waals surface area contributed by atoms with Gasteiger partial charge in [0.15, 0.2) is 0 Å². The van der Waals surface area contributed by atoms with Gasteiger partial charge in [-0.15, -0.1) is 0 Å². The van der Waals surface area contributed by atoms with Crippen molar-refractivity contribution in [1.29, 1.82) is 0 Å². The van der Waals surface area contributed by atoms with Crippen LogP contribution < -0.4 is 0 Å². The van der Waals surface area contributed by atoms with Crippen LogP contribution in [0.1, 0.15) is 18.4 Å². The molecule has 0 atom stereocenters. The third-order valence-corrected chi connectivity index (χ3v) is 3.30. The van der Waals surface area contributed by atoms with Crippen LogP contribution in [0.4, 0.5) is 0 Å². The summed E-state index contributed by atoms with van der Waals surface area (Å²) in [5.41, 5.74) is 1.13. The van der Waals surface area contributed by atoms with Crippen LogP contribution in [0.3, 0.4) is 0 Å². The lowest BCUT2D eigenvalue weighted by Gasteiger charge is -2.26. The van der Waals surface area contributed by atoms with Gasteiger partial charge in [0.2, 0.25) is 0 Å². The van der Waals surface area contributed by atoms with E-state index in [1.54, 1.807) is 0 Å². The molecular formula is C13H17ClN2. The Labute approximate surface area is 102 Å². The number of hydrogen-bond acceptors (Lipinski definition) is 2. The molecular weight excluding hydrogens is 220 g/mol. The van der Waals surface area contributed by atoms with E-state index in [1.165, 1.54) is 25.9 Å². The van der Waals surface area contributed by atoms with Gasteiger partial charge in [-0.1, -0.05) is 29.8 Å². The number of aromatic nitrogens is 1. The highest BCUT2D eigenvalue weighted by Crippen LogP contribution is 2.18. The zero-order chi connectivity index (χ0) is 11.4. The number of allylic oxidation sites excluding steroid dienone is 1. The summed E-state index contributed by atoms with van der Waals surface area (Å²) in [5.74, 6) is 0.715. The number of rotatable bonds is 2. The SMILES string of the molecule is CN1CCC(/C=C/c2ccc(Cl)nc2)CC1. The van der Waals surface area contributed by atoms with Crippen molar-refractivity contribution < 1.29 is 0 Å². The first-order valence-corrected chi connectivity index (χ1v) is 6.10. The summed E-state index contributed by atoms with van der Waals surface area (Å²) in [7, 11) is 2.18. The summed E-state index contributed by atoms with van der Waals surface area (Å²) in [6.45, 7) is 2.40. The summed E-state index contributed by atoms with van der Waals surface area (Å²) < 4.78 is 0. The number of hydrogen-bond donors (Lipinski definition) is 0. The van der Waals surface area contributed by atoms with Crippen molar-refractivity contribution in [2.24, 2.45) is 5.92 Å². The predicted molar refractivity (Wildman–Crippen MR) is 68.5 cm³/mol. The molecule has 1 fully saturated rings. The van der Waals surface area contributed by atoms with E-state index in [-0.39, 0.29) is 0 Å². The van der Waals surface area contributed by atoms with Gasteiger partial charge in [0, 0.05) is 6.20 Å². The first-order valence-electron chi connectivity index (χ1n) is 5.72. The Kier molecular flexibility index (Phi) is 3.97. The van der Waals surface area contributed by atoms with E-state index in [0.717, 1.165) is 5.56 Å². The quantitative estimate of drug-likeness (QED) is 0.734. The highest BCUT2D eigenvalue weighted by Gasteiger charge is 2.13. The highest BCUT2D eigenvalue weighted by molar-refractivity contribution is 6.29. The second kappa shape index (κ2) is 5.46. The predicted octanol–water partition coefficient (Wildman–Crippen LogP) is 3.09. The minimum atomic E-state index is 0.552. The van der Waals surface area contributed by atoms with Gasteiger partial charge in [-0.3, -0.25) is 0 Å². The van der Waals surface area contributed by atoms with Crippen molar-refractivity contribution in [1.82, 2.24) is 9.88 Å². The van der Waals surface area contributed by atoms with E-state index in [0.29, 0.717) is 11.1 Å². The van der Waals surface area contributed by atoms with Crippen LogP contribution in [0.15, 0.2) is 24.4 Å². The molecule has 0 unspecified atom stereocenters. The van der Waals surface area contributed by atoms with Crippen LogP contribution in [0.25, 0.3) is 6.08 Å². The van der Waals surface area contributed by atoms with Gasteiger partial charge >= 0.3 is 0 Å². The summed E-state index contributed by atoms with van der Waals surface area (Å²) >= 11 is 5.74. The molecule has 86 valence electrons. The fraction of sp³-hybridized carbons (Fsp3) is 0.462. The average Bonchev–Trinajstić information content (AvgIpc) is 2.30. The van der Waals surface area contributed by atoms with Crippen LogP contribution in [0, 0.1) is 5.92 Å². The third kappa shape index (κ3) is 3.32. The van der Waals surface area contributed by atoms with Gasteiger partial charge < -0.3 is 4.90 Å². The van der Waals surface area contributed by atoms with E-state index < -0.39 is 0 Å². The molecule has 1 aromatic rings. The van der Waals surface area contributed by atoms with Crippen molar-refractivity contribution in [3.05, 3.63) is 35.1 Å². The molecule has 16 heavy (non-hydrogen) atoms. The molecule has 0 saturated carbocycles. The largest absolute Gasteiger partial charge is 0.306 e. The molecule has 0 radical (unpaired) electrons. The zero-order valence-corrected chi connectivity index (χ0v) is 10.3. The second-order valence-electron chi connectivity index (χ2n) is 4.41. The number of piperidine rings is 1. The molecule has 0 aliphatic carbocycles. The minimum absolute atomic E-state index is 0.552. The Hall–Kier alpha value is -0.860. The molecule has 1 aromatic heterocycles. The van der Waals surface area contributed by atoms with Gasteiger partial charge in [-0.05, 0) is 50.5 Å². The minimum Gasteiger partial charge on any atom is -0.306 e. The van der Waals surface area contributed by atoms with E-state index in [4.69, 9.17) is 11.6 Å². The van der Waals surface area contributed by atoms with Crippen LogP contribution in [0.2, 0.25) is 5.15 Å². The third-order valence-electron chi connectivity index (χ3n) is 3.07. The number of pyridine rings is 1. The van der Waals surface area contributed by atoms with Gasteiger partial charge in [0.05, 0.1) is 0 Å². The molecule has 0 aromatic carbocycles. The number of halogens is 1. The van der Waals surface area contributed by atoms with Crippen molar-refractivity contribution in [3.63, 3.8) is 0 Å². The normalized spacial score (nSPS) is 19.4. The summed E-state index contributed by atoms with van der Waals surface area (Å²) in [5, 5.41) is 0.552. The smallest absolute Gasteiger partial charge is 0.129 e. The molecule has 1 aliphatic rings. The van der Waals surface area contributed by atoms with Gasteiger partial charge in [-0.25, -0.2) is 4.98 Å². The Balaban J connectivity index is 1.91. The zero-order valence-electron chi connectivity index (χ0n) is 9.56. The van der Waals surface area contributed by atoms with Crippen molar-refractivity contribution >= 4 is 17.7 Å². The summed E-state index contributed by atoms with van der Waals surface area (Å²) in [6.07, 6.45) is 8.78. The average molecular weight is 237 g/mol. The van der Waals surface area contributed by atoms with Gasteiger partial charge in [0.25, 0.3) is 0 Å². The maximum atomic E-state index is 5.74. The molecule has 0 spiro atoms.